The summed E-state index contributed by atoms with van der Waals surface area (Å²) in [6.07, 6.45) is 10.7. The Morgan fingerprint density at radius 1 is 1.03 bits per heavy atom. The topological polar surface area (TPSA) is 34.1 Å². The van der Waals surface area contributed by atoms with Crippen LogP contribution >= 0.6 is 0 Å². The highest BCUT2D eigenvalue weighted by atomic mass is 32.2. The second-order valence-corrected chi connectivity index (χ2v) is 11.2. The van der Waals surface area contributed by atoms with E-state index in [9.17, 15) is 8.42 Å². The lowest BCUT2D eigenvalue weighted by Crippen LogP contribution is -2.35. The molecule has 0 aromatic heterocycles. The quantitative estimate of drug-likeness (QED) is 0.743. The Kier molecular flexibility index (Phi) is 4.82. The number of hydrogen-bond acceptors (Lipinski definition) is 2. The maximum absolute atomic E-state index is 11.7. The molecule has 0 saturated heterocycles. The number of hydrogen-bond donors (Lipinski definition) is 0. The van der Waals surface area contributed by atoms with Crippen molar-refractivity contribution in [3.8, 4) is 0 Å². The largest absolute Gasteiger partial charge is 0.229 e. The zero-order valence-electron chi connectivity index (χ0n) is 17.7. The summed E-state index contributed by atoms with van der Waals surface area (Å²) in [6.45, 7) is 2.31. The molecule has 1 fully saturated rings. The molecule has 0 aliphatic heterocycles. The standard InChI is InChI=1S/C27H28O2S/c1-18-15-22-9-6-10-23(20-7-4-3-5-8-20)27(22)25-14-12-21-16-19(17-30(2,28)29)11-13-24(21)26(18)25/h3-5,7-8,11-13,15-16,18,23H,6,9-10,14,17H2,1-2H3. The average molecular weight is 417 g/mol. The van der Waals surface area contributed by atoms with Gasteiger partial charge in [0.25, 0.3) is 0 Å². The molecule has 0 heterocycles. The molecule has 2 atom stereocenters. The smallest absolute Gasteiger partial charge is 0.151 e. The second-order valence-electron chi connectivity index (χ2n) is 9.04. The molecule has 2 unspecified atom stereocenters. The Balaban J connectivity index is 1.69. The van der Waals surface area contributed by atoms with Crippen LogP contribution in [0, 0.1) is 5.92 Å². The summed E-state index contributed by atoms with van der Waals surface area (Å²) in [7, 11) is -3.03. The summed E-state index contributed by atoms with van der Waals surface area (Å²) in [6, 6.07) is 17.2. The predicted molar refractivity (Wildman–Crippen MR) is 124 cm³/mol. The molecule has 5 rings (SSSR count). The van der Waals surface area contributed by atoms with Crippen LogP contribution in [-0.2, 0) is 15.6 Å². The monoisotopic (exact) mass is 416 g/mol. The molecule has 154 valence electrons. The van der Waals surface area contributed by atoms with E-state index in [1.165, 1.54) is 52.7 Å². The number of sulfone groups is 1. The highest BCUT2D eigenvalue weighted by molar-refractivity contribution is 7.89. The summed E-state index contributed by atoms with van der Waals surface area (Å²) < 4.78 is 23.5. The lowest BCUT2D eigenvalue weighted by Gasteiger charge is -2.37. The minimum atomic E-state index is -3.03. The molecule has 30 heavy (non-hydrogen) atoms. The first-order valence-corrected chi connectivity index (χ1v) is 13.0. The molecule has 3 aliphatic carbocycles. The summed E-state index contributed by atoms with van der Waals surface area (Å²) in [5.41, 5.74) is 8.36. The molecule has 0 radical (unpaired) electrons. The van der Waals surface area contributed by atoms with Crippen molar-refractivity contribution < 1.29 is 8.42 Å². The predicted octanol–water partition coefficient (Wildman–Crippen LogP) is 4.41. The lowest BCUT2D eigenvalue weighted by molar-refractivity contribution is 0.593. The van der Waals surface area contributed by atoms with Crippen LogP contribution in [0.3, 0.4) is 0 Å². The van der Waals surface area contributed by atoms with Crippen molar-refractivity contribution in [2.45, 2.75) is 44.3 Å². The highest BCUT2D eigenvalue weighted by Gasteiger charge is 2.33. The summed E-state index contributed by atoms with van der Waals surface area (Å²) in [5.74, 6) is 0.970. The van der Waals surface area contributed by atoms with Crippen LogP contribution in [0.1, 0.15) is 49.7 Å². The van der Waals surface area contributed by atoms with E-state index in [4.69, 9.17) is 0 Å². The molecule has 0 N–H and O–H groups in total. The zero-order valence-corrected chi connectivity index (χ0v) is 18.5. The summed E-state index contributed by atoms with van der Waals surface area (Å²) in [5, 5.41) is 2.47. The first kappa shape index (κ1) is 19.6. The van der Waals surface area contributed by atoms with Crippen LogP contribution in [-0.4, -0.2) is 14.7 Å². The molecule has 2 nitrogen and oxygen atoms in total. The van der Waals surface area contributed by atoms with Crippen molar-refractivity contribution in [3.05, 3.63) is 92.9 Å². The van der Waals surface area contributed by atoms with Gasteiger partial charge in [0.2, 0.25) is 0 Å². The number of benzene rings is 2. The Morgan fingerprint density at radius 3 is 2.60 bits per heavy atom. The number of allylic oxidation sites excluding steroid dienone is 4. The van der Waals surface area contributed by atoms with Crippen LogP contribution < -0.4 is 10.4 Å². The molecule has 2 aromatic rings. The van der Waals surface area contributed by atoms with Crippen molar-refractivity contribution >= 4 is 21.5 Å². The first-order valence-electron chi connectivity index (χ1n) is 10.9. The van der Waals surface area contributed by atoms with Gasteiger partial charge in [-0.3, -0.25) is 0 Å². The molecule has 1 saturated carbocycles. The third-order valence-electron chi connectivity index (χ3n) is 6.75. The van der Waals surface area contributed by atoms with Gasteiger partial charge < -0.3 is 0 Å². The molecule has 3 heteroatoms. The van der Waals surface area contributed by atoms with Gasteiger partial charge in [-0.25, -0.2) is 8.42 Å². The van der Waals surface area contributed by atoms with E-state index < -0.39 is 9.84 Å². The minimum Gasteiger partial charge on any atom is -0.229 e. The number of rotatable bonds is 3. The minimum absolute atomic E-state index is 0.104. The van der Waals surface area contributed by atoms with E-state index in [0.717, 1.165) is 12.0 Å². The van der Waals surface area contributed by atoms with Gasteiger partial charge in [0.15, 0.2) is 9.84 Å². The zero-order chi connectivity index (χ0) is 20.9. The van der Waals surface area contributed by atoms with Crippen LogP contribution in [0.15, 0.2) is 71.3 Å². The number of fused-ring (bicyclic) bond motifs is 3. The van der Waals surface area contributed by atoms with Crippen LogP contribution in [0.25, 0.3) is 11.6 Å². The van der Waals surface area contributed by atoms with E-state index in [-0.39, 0.29) is 5.75 Å². The van der Waals surface area contributed by atoms with Gasteiger partial charge in [-0.05, 0) is 69.5 Å². The first-order chi connectivity index (χ1) is 14.4. The van der Waals surface area contributed by atoms with E-state index in [1.807, 2.05) is 6.07 Å². The third-order valence-corrected chi connectivity index (χ3v) is 7.61. The van der Waals surface area contributed by atoms with E-state index in [2.05, 4.69) is 61.5 Å². The van der Waals surface area contributed by atoms with Crippen molar-refractivity contribution in [3.63, 3.8) is 0 Å². The van der Waals surface area contributed by atoms with Gasteiger partial charge >= 0.3 is 0 Å². The van der Waals surface area contributed by atoms with Gasteiger partial charge in [-0.15, -0.1) is 0 Å². The van der Waals surface area contributed by atoms with Crippen LogP contribution in [0.2, 0.25) is 0 Å². The van der Waals surface area contributed by atoms with Crippen molar-refractivity contribution in [1.29, 1.82) is 0 Å². The van der Waals surface area contributed by atoms with Gasteiger partial charge in [0, 0.05) is 18.1 Å². The molecular weight excluding hydrogens is 388 g/mol. The fourth-order valence-electron chi connectivity index (χ4n) is 5.66. The van der Waals surface area contributed by atoms with E-state index in [0.29, 0.717) is 11.8 Å². The average Bonchev–Trinajstić information content (AvgIpc) is 2.72. The van der Waals surface area contributed by atoms with Gasteiger partial charge in [-0.1, -0.05) is 67.6 Å². The van der Waals surface area contributed by atoms with Gasteiger partial charge in [0.05, 0.1) is 5.75 Å². The Morgan fingerprint density at radius 2 is 1.83 bits per heavy atom. The van der Waals surface area contributed by atoms with Crippen molar-refractivity contribution in [2.24, 2.45) is 5.92 Å². The molecule has 0 amide bonds. The Hall–Kier alpha value is -2.39. The van der Waals surface area contributed by atoms with Crippen molar-refractivity contribution in [2.75, 3.05) is 6.26 Å². The molecule has 2 aromatic carbocycles. The van der Waals surface area contributed by atoms with Gasteiger partial charge in [-0.2, -0.15) is 0 Å². The lowest BCUT2D eigenvalue weighted by atomic mass is 9.67. The SMILES string of the molecule is CC1C=C2CCCC(c3ccccc3)C2=C2CC=c3cc(CS(C)(=O)=O)ccc3=C21. The molecular formula is C27H28O2S. The van der Waals surface area contributed by atoms with Gasteiger partial charge in [0.1, 0.15) is 0 Å². The molecule has 0 bridgehead atoms. The fraction of sp³-hybridized carbons (Fsp3) is 0.333. The highest BCUT2D eigenvalue weighted by Crippen LogP contribution is 2.49. The maximum atomic E-state index is 11.7. The summed E-state index contributed by atoms with van der Waals surface area (Å²) in [4.78, 5) is 0. The normalized spacial score (nSPS) is 23.1. The summed E-state index contributed by atoms with van der Waals surface area (Å²) >= 11 is 0. The van der Waals surface area contributed by atoms with Crippen LogP contribution in [0.5, 0.6) is 0 Å². The van der Waals surface area contributed by atoms with Crippen LogP contribution in [0.4, 0.5) is 0 Å². The Bertz CT molecular complexity index is 1290. The Labute approximate surface area is 179 Å². The maximum Gasteiger partial charge on any atom is 0.151 e. The molecule has 0 spiro atoms. The second kappa shape index (κ2) is 7.39. The van der Waals surface area contributed by atoms with Crippen molar-refractivity contribution in [1.82, 2.24) is 0 Å². The third kappa shape index (κ3) is 3.50. The van der Waals surface area contributed by atoms with E-state index in [1.54, 1.807) is 11.1 Å². The van der Waals surface area contributed by atoms with E-state index >= 15 is 0 Å². The molecule has 3 aliphatic rings. The fourth-order valence-corrected chi connectivity index (χ4v) is 6.44.